The summed E-state index contributed by atoms with van der Waals surface area (Å²) in [6.45, 7) is 0. The largest absolute Gasteiger partial charge is 0.278 e. The third kappa shape index (κ3) is 0.839. The lowest BCUT2D eigenvalue weighted by molar-refractivity contribution is 0.626. The van der Waals surface area contributed by atoms with E-state index in [0.29, 0.717) is 10.9 Å². The van der Waals surface area contributed by atoms with Crippen molar-refractivity contribution in [1.29, 1.82) is 5.26 Å². The molecule has 0 unspecified atom stereocenters. The van der Waals surface area contributed by atoms with Crippen molar-refractivity contribution in [3.63, 3.8) is 0 Å². The normalized spacial score (nSPS) is 10.0. The van der Waals surface area contributed by atoms with Crippen molar-refractivity contribution in [1.82, 2.24) is 10.2 Å². The van der Waals surface area contributed by atoms with Crippen LogP contribution in [0.2, 0.25) is 0 Å². The quantitative estimate of drug-likeness (QED) is 0.637. The molecule has 2 rings (SSSR count). The lowest BCUT2D eigenvalue weighted by Gasteiger charge is -1.91. The molecule has 0 spiro atoms. The minimum absolute atomic E-state index is 0.0340. The summed E-state index contributed by atoms with van der Waals surface area (Å²) >= 11 is 0. The molecule has 0 bridgehead atoms. The van der Waals surface area contributed by atoms with Crippen LogP contribution in [-0.2, 0) is 0 Å². The Kier molecular flexibility index (Phi) is 1.31. The number of fused-ring (bicyclic) bond motifs is 1. The molecule has 0 saturated carbocycles. The van der Waals surface area contributed by atoms with Crippen molar-refractivity contribution in [2.45, 2.75) is 0 Å². The van der Waals surface area contributed by atoms with Crippen molar-refractivity contribution in [3.8, 4) is 6.07 Å². The molecule has 0 atom stereocenters. The van der Waals surface area contributed by atoms with Gasteiger partial charge in [0.1, 0.15) is 11.9 Å². The third-order valence-corrected chi connectivity index (χ3v) is 1.65. The third-order valence-electron chi connectivity index (χ3n) is 1.65. The highest BCUT2D eigenvalue weighted by atomic mass is 19.1. The monoisotopic (exact) mass is 161 g/mol. The SMILES string of the molecule is N#Cc1cc2[nH]ncc2cc1F. The fourth-order valence-electron chi connectivity index (χ4n) is 1.05. The first-order valence-corrected chi connectivity index (χ1v) is 3.34. The van der Waals surface area contributed by atoms with Crippen LogP contribution in [0.1, 0.15) is 5.56 Å². The zero-order valence-electron chi connectivity index (χ0n) is 6.00. The number of benzene rings is 1. The van der Waals surface area contributed by atoms with Gasteiger partial charge in [-0.25, -0.2) is 4.39 Å². The molecule has 1 N–H and O–H groups in total. The van der Waals surface area contributed by atoms with Gasteiger partial charge in [0, 0.05) is 5.39 Å². The van der Waals surface area contributed by atoms with E-state index in [-0.39, 0.29) is 5.56 Å². The Balaban J connectivity index is 2.84. The van der Waals surface area contributed by atoms with Gasteiger partial charge in [0.2, 0.25) is 0 Å². The van der Waals surface area contributed by atoms with Gasteiger partial charge in [0.25, 0.3) is 0 Å². The first-order valence-electron chi connectivity index (χ1n) is 3.34. The van der Waals surface area contributed by atoms with Crippen molar-refractivity contribution in [2.75, 3.05) is 0 Å². The fourth-order valence-corrected chi connectivity index (χ4v) is 1.05. The number of nitrogens with one attached hydrogen (secondary N) is 1. The number of hydrogen-bond donors (Lipinski definition) is 1. The number of halogens is 1. The Hall–Kier alpha value is -1.89. The summed E-state index contributed by atoms with van der Waals surface area (Å²) in [6, 6.07) is 4.49. The second-order valence-electron chi connectivity index (χ2n) is 2.40. The number of aromatic nitrogens is 2. The van der Waals surface area contributed by atoms with E-state index in [1.807, 2.05) is 0 Å². The van der Waals surface area contributed by atoms with Crippen molar-refractivity contribution >= 4 is 10.9 Å². The van der Waals surface area contributed by atoms with Crippen LogP contribution >= 0.6 is 0 Å². The molecule has 0 aliphatic carbocycles. The summed E-state index contributed by atoms with van der Waals surface area (Å²) in [5.74, 6) is -0.508. The average Bonchev–Trinajstić information content (AvgIpc) is 2.49. The summed E-state index contributed by atoms with van der Waals surface area (Å²) in [4.78, 5) is 0. The molecule has 0 aliphatic heterocycles. The standard InChI is InChI=1S/C8H4FN3/c9-7-1-6-4-11-12-8(6)2-5(7)3-10/h1-2,4H,(H,11,12). The minimum atomic E-state index is -0.508. The molecule has 0 aliphatic rings. The van der Waals surface area contributed by atoms with Gasteiger partial charge >= 0.3 is 0 Å². The number of rotatable bonds is 0. The molecule has 1 heterocycles. The van der Waals surface area contributed by atoms with Crippen LogP contribution in [0.25, 0.3) is 10.9 Å². The van der Waals surface area contributed by atoms with Crippen molar-refractivity contribution in [2.24, 2.45) is 0 Å². The van der Waals surface area contributed by atoms with Crippen LogP contribution in [0.3, 0.4) is 0 Å². The lowest BCUT2D eigenvalue weighted by Crippen LogP contribution is -1.82. The highest BCUT2D eigenvalue weighted by Crippen LogP contribution is 2.15. The van der Waals surface area contributed by atoms with E-state index >= 15 is 0 Å². The molecule has 3 nitrogen and oxygen atoms in total. The number of H-pyrrole nitrogens is 1. The summed E-state index contributed by atoms with van der Waals surface area (Å²) in [6.07, 6.45) is 1.51. The van der Waals surface area contributed by atoms with Crippen molar-refractivity contribution in [3.05, 3.63) is 29.7 Å². The molecule has 0 fully saturated rings. The molecule has 2 aromatic rings. The molecule has 58 valence electrons. The molecule has 0 amide bonds. The first-order chi connectivity index (χ1) is 5.81. The molecular formula is C8H4FN3. The maximum absolute atomic E-state index is 12.9. The molecule has 12 heavy (non-hydrogen) atoms. The van der Waals surface area contributed by atoms with Gasteiger partial charge in [0.05, 0.1) is 17.3 Å². The minimum Gasteiger partial charge on any atom is -0.278 e. The van der Waals surface area contributed by atoms with Gasteiger partial charge in [-0.3, -0.25) is 5.10 Å². The smallest absolute Gasteiger partial charge is 0.141 e. The Bertz CT molecular complexity index is 467. The number of aromatic amines is 1. The van der Waals surface area contributed by atoms with Gasteiger partial charge in [-0.05, 0) is 12.1 Å². The van der Waals surface area contributed by atoms with Gasteiger partial charge in [-0.2, -0.15) is 10.4 Å². The zero-order chi connectivity index (χ0) is 8.55. The van der Waals surface area contributed by atoms with Crippen LogP contribution in [0, 0.1) is 17.1 Å². The molecule has 4 heteroatoms. The molecule has 1 aromatic heterocycles. The van der Waals surface area contributed by atoms with Gasteiger partial charge in [-0.15, -0.1) is 0 Å². The Morgan fingerprint density at radius 2 is 2.33 bits per heavy atom. The summed E-state index contributed by atoms with van der Waals surface area (Å²) in [5, 5.41) is 15.5. The molecular weight excluding hydrogens is 157 g/mol. The second-order valence-corrected chi connectivity index (χ2v) is 2.40. The maximum atomic E-state index is 12.9. The predicted molar refractivity (Wildman–Crippen MR) is 40.8 cm³/mol. The summed E-state index contributed by atoms with van der Waals surface area (Å²) in [5.41, 5.74) is 0.708. The zero-order valence-corrected chi connectivity index (χ0v) is 6.00. The predicted octanol–water partition coefficient (Wildman–Crippen LogP) is 1.57. The van der Waals surface area contributed by atoms with E-state index in [4.69, 9.17) is 5.26 Å². The topological polar surface area (TPSA) is 52.5 Å². The molecule has 1 aromatic carbocycles. The first kappa shape index (κ1) is 6.80. The van der Waals surface area contributed by atoms with E-state index in [9.17, 15) is 4.39 Å². The highest BCUT2D eigenvalue weighted by molar-refractivity contribution is 5.79. The maximum Gasteiger partial charge on any atom is 0.141 e. The fraction of sp³-hybridized carbons (Fsp3) is 0. The lowest BCUT2D eigenvalue weighted by atomic mass is 10.2. The Labute approximate surface area is 67.4 Å². The number of nitriles is 1. The summed E-state index contributed by atoms with van der Waals surface area (Å²) in [7, 11) is 0. The molecule has 0 radical (unpaired) electrons. The Morgan fingerprint density at radius 3 is 3.08 bits per heavy atom. The summed E-state index contributed by atoms with van der Waals surface area (Å²) < 4.78 is 12.9. The van der Waals surface area contributed by atoms with Gasteiger partial charge < -0.3 is 0 Å². The number of hydrogen-bond acceptors (Lipinski definition) is 2. The number of nitrogens with zero attached hydrogens (tertiary/aromatic N) is 2. The van der Waals surface area contributed by atoms with Crippen LogP contribution in [0.5, 0.6) is 0 Å². The van der Waals surface area contributed by atoms with E-state index in [0.717, 1.165) is 0 Å². The van der Waals surface area contributed by atoms with E-state index < -0.39 is 5.82 Å². The van der Waals surface area contributed by atoms with E-state index in [2.05, 4.69) is 10.2 Å². The Morgan fingerprint density at radius 1 is 1.50 bits per heavy atom. The average molecular weight is 161 g/mol. The van der Waals surface area contributed by atoms with Crippen LogP contribution in [0.15, 0.2) is 18.3 Å². The highest BCUT2D eigenvalue weighted by Gasteiger charge is 2.04. The van der Waals surface area contributed by atoms with Crippen LogP contribution in [-0.4, -0.2) is 10.2 Å². The van der Waals surface area contributed by atoms with Crippen LogP contribution < -0.4 is 0 Å². The molecule has 0 saturated heterocycles. The van der Waals surface area contributed by atoms with E-state index in [1.54, 1.807) is 6.07 Å². The van der Waals surface area contributed by atoms with Gasteiger partial charge in [-0.1, -0.05) is 0 Å². The second kappa shape index (κ2) is 2.31. The van der Waals surface area contributed by atoms with E-state index in [1.165, 1.54) is 18.3 Å². The van der Waals surface area contributed by atoms with Crippen molar-refractivity contribution < 1.29 is 4.39 Å². The van der Waals surface area contributed by atoms with Gasteiger partial charge in [0.15, 0.2) is 0 Å². The van der Waals surface area contributed by atoms with Crippen LogP contribution in [0.4, 0.5) is 4.39 Å².